The Bertz CT molecular complexity index is 2070. The Kier molecular flexibility index (Phi) is 8.32. The molecule has 4 aliphatic heterocycles. The van der Waals surface area contributed by atoms with Gasteiger partial charge in [-0.15, -0.1) is 0 Å². The molecule has 0 bridgehead atoms. The predicted octanol–water partition coefficient (Wildman–Crippen LogP) is 8.23. The Balaban J connectivity index is 1.04. The van der Waals surface area contributed by atoms with Crippen LogP contribution in [0.1, 0.15) is 84.7 Å². The Morgan fingerprint density at radius 1 is 0.788 bits per heavy atom. The molecule has 2 atom stereocenters. The van der Waals surface area contributed by atoms with E-state index in [-0.39, 0.29) is 29.8 Å². The molecule has 5 heterocycles. The van der Waals surface area contributed by atoms with Crippen molar-refractivity contribution < 1.29 is 23.8 Å². The number of ether oxygens (including phenoxy) is 3. The monoisotopic (exact) mass is 704 g/mol. The van der Waals surface area contributed by atoms with E-state index in [9.17, 15) is 9.59 Å². The number of aromatic amines is 1. The molecule has 3 saturated heterocycles. The second-order valence-corrected chi connectivity index (χ2v) is 16.6. The molecule has 1 aromatic heterocycles. The highest BCUT2D eigenvalue weighted by molar-refractivity contribution is 5.96. The van der Waals surface area contributed by atoms with Crippen LogP contribution in [0.5, 0.6) is 0 Å². The number of carbonyl (C=O) groups is 2. The number of nitrogens with one attached hydrogen (secondary N) is 2. The minimum atomic E-state index is -0.567. The van der Waals surface area contributed by atoms with Crippen molar-refractivity contribution >= 4 is 34.5 Å². The van der Waals surface area contributed by atoms with Crippen molar-refractivity contribution in [3.63, 3.8) is 0 Å². The van der Waals surface area contributed by atoms with Gasteiger partial charge in [-0.1, -0.05) is 36.4 Å². The fourth-order valence-corrected chi connectivity index (χ4v) is 7.80. The molecule has 3 aromatic carbocycles. The molecular formula is C41H48N6O5. The van der Waals surface area contributed by atoms with E-state index >= 15 is 0 Å². The van der Waals surface area contributed by atoms with Crippen molar-refractivity contribution in [1.29, 1.82) is 0 Å². The molecule has 11 heteroatoms. The van der Waals surface area contributed by atoms with Crippen LogP contribution in [0, 0.1) is 0 Å². The lowest BCUT2D eigenvalue weighted by atomic mass is 9.83. The van der Waals surface area contributed by atoms with Crippen LogP contribution >= 0.6 is 0 Å². The third-order valence-electron chi connectivity index (χ3n) is 10.3. The summed E-state index contributed by atoms with van der Waals surface area (Å²) in [6.07, 6.45) is 4.74. The van der Waals surface area contributed by atoms with E-state index in [4.69, 9.17) is 24.2 Å². The molecule has 52 heavy (non-hydrogen) atoms. The van der Waals surface area contributed by atoms with Crippen LogP contribution in [0.2, 0.25) is 0 Å². The number of amides is 2. The molecule has 0 radical (unpaired) electrons. The largest absolute Gasteiger partial charge is 0.444 e. The van der Waals surface area contributed by atoms with Gasteiger partial charge in [0.2, 0.25) is 0 Å². The molecular weight excluding hydrogens is 656 g/mol. The summed E-state index contributed by atoms with van der Waals surface area (Å²) >= 11 is 0. The zero-order valence-electron chi connectivity index (χ0n) is 30.9. The second-order valence-electron chi connectivity index (χ2n) is 16.6. The number of benzene rings is 3. The summed E-state index contributed by atoms with van der Waals surface area (Å²) < 4.78 is 17.2. The quantitative estimate of drug-likeness (QED) is 0.220. The maximum atomic E-state index is 13.2. The molecule has 4 aliphatic rings. The third kappa shape index (κ3) is 6.51. The summed E-state index contributed by atoms with van der Waals surface area (Å²) in [6.45, 7) is 13.8. The smallest absolute Gasteiger partial charge is 0.410 e. The Morgan fingerprint density at radius 2 is 1.37 bits per heavy atom. The maximum Gasteiger partial charge on any atom is 0.410 e. The normalized spacial score (nSPS) is 21.1. The average Bonchev–Trinajstić information content (AvgIpc) is 3.86. The van der Waals surface area contributed by atoms with Gasteiger partial charge in [0, 0.05) is 24.2 Å². The summed E-state index contributed by atoms with van der Waals surface area (Å²) in [4.78, 5) is 43.0. The summed E-state index contributed by atoms with van der Waals surface area (Å²) in [5.41, 5.74) is 4.67. The number of hydrogen-bond acceptors (Lipinski definition) is 8. The number of hydrogen-bond donors (Lipinski definition) is 2. The maximum absolute atomic E-state index is 13.2. The van der Waals surface area contributed by atoms with E-state index in [1.54, 1.807) is 4.90 Å². The first-order chi connectivity index (χ1) is 24.8. The minimum Gasteiger partial charge on any atom is -0.444 e. The van der Waals surface area contributed by atoms with E-state index in [0.29, 0.717) is 26.3 Å². The standard InChI is InChI=1S/C41H48N6O5/c1-39(2,3)51-37(48)46-17-7-9-33(46)35-42-22-32(44-35)29-14-13-25-19-26(11-12-27(25)20-29)28-15-16-30-31(21-28)43-36(45-41(30)23-50-24-41)34-10-8-18-47(34)38(49)52-40(4,5)6/h11-16,19-22,33-34H,7-10,17-18,23-24H2,1-6H3,(H,42,44)(H,43,45)/t33?,34-/m0/s1. The lowest BCUT2D eigenvalue weighted by molar-refractivity contribution is -0.0698. The number of aliphatic imine (C=N–C) groups is 1. The fraction of sp³-hybridized carbons (Fsp3) is 0.463. The highest BCUT2D eigenvalue weighted by Crippen LogP contribution is 2.43. The number of aromatic nitrogens is 2. The molecule has 1 spiro atoms. The predicted molar refractivity (Wildman–Crippen MR) is 201 cm³/mol. The van der Waals surface area contributed by atoms with Crippen LogP contribution in [0.25, 0.3) is 33.2 Å². The Hall–Kier alpha value is -4.90. The zero-order chi connectivity index (χ0) is 36.4. The van der Waals surface area contributed by atoms with Crippen molar-refractivity contribution in [2.24, 2.45) is 4.99 Å². The molecule has 4 aromatic rings. The highest BCUT2D eigenvalue weighted by atomic mass is 16.6. The van der Waals surface area contributed by atoms with Crippen molar-refractivity contribution in [1.82, 2.24) is 25.1 Å². The van der Waals surface area contributed by atoms with Crippen LogP contribution in [0.4, 0.5) is 15.3 Å². The minimum absolute atomic E-state index is 0.131. The van der Waals surface area contributed by atoms with E-state index in [2.05, 4.69) is 64.9 Å². The summed E-state index contributed by atoms with van der Waals surface area (Å²) in [7, 11) is 0. The molecule has 0 saturated carbocycles. The van der Waals surface area contributed by atoms with Crippen molar-refractivity contribution in [2.45, 2.75) is 96.1 Å². The number of amidine groups is 1. The second kappa shape index (κ2) is 12.6. The van der Waals surface area contributed by atoms with Gasteiger partial charge < -0.3 is 24.5 Å². The molecule has 2 amide bonds. The van der Waals surface area contributed by atoms with E-state index in [1.165, 1.54) is 0 Å². The Labute approximate surface area is 304 Å². The lowest BCUT2D eigenvalue weighted by Gasteiger charge is -2.47. The molecule has 11 nitrogen and oxygen atoms in total. The first-order valence-electron chi connectivity index (χ1n) is 18.4. The van der Waals surface area contributed by atoms with Gasteiger partial charge in [-0.05, 0) is 107 Å². The van der Waals surface area contributed by atoms with Crippen LogP contribution in [0.3, 0.4) is 0 Å². The molecule has 0 aliphatic carbocycles. The summed E-state index contributed by atoms with van der Waals surface area (Å²) in [5.74, 6) is 1.58. The van der Waals surface area contributed by atoms with E-state index in [1.807, 2.05) is 52.6 Å². The number of likely N-dealkylation sites (tertiary alicyclic amines) is 2. The van der Waals surface area contributed by atoms with E-state index < -0.39 is 11.2 Å². The van der Waals surface area contributed by atoms with Crippen LogP contribution in [-0.4, -0.2) is 81.3 Å². The SMILES string of the molecule is CC(C)(C)OC(=O)N1CCCC1c1ncc(-c2ccc3cc(-c4ccc5c(c4)N=C([C@@H]4CCCN4C(=O)OC(C)(C)C)NC54COC4)ccc3c2)[nH]1. The van der Waals surface area contributed by atoms with Crippen LogP contribution < -0.4 is 5.32 Å². The topological polar surface area (TPSA) is 121 Å². The average molecular weight is 705 g/mol. The number of carbonyl (C=O) groups excluding carboxylic acids is 2. The molecule has 2 N–H and O–H groups in total. The number of nitrogens with zero attached hydrogens (tertiary/aromatic N) is 4. The van der Waals surface area contributed by atoms with Gasteiger partial charge in [-0.3, -0.25) is 9.80 Å². The van der Waals surface area contributed by atoms with Gasteiger partial charge in [-0.2, -0.15) is 0 Å². The number of rotatable bonds is 4. The van der Waals surface area contributed by atoms with Gasteiger partial charge in [0.15, 0.2) is 0 Å². The number of H-pyrrole nitrogens is 1. The fourth-order valence-electron chi connectivity index (χ4n) is 7.80. The summed E-state index contributed by atoms with van der Waals surface area (Å²) in [5, 5.41) is 5.93. The molecule has 8 rings (SSSR count). The Morgan fingerprint density at radius 3 is 2.00 bits per heavy atom. The summed E-state index contributed by atoms with van der Waals surface area (Å²) in [6, 6.07) is 19.1. The first kappa shape index (κ1) is 34.2. The van der Waals surface area contributed by atoms with Gasteiger partial charge in [0.05, 0.1) is 42.9 Å². The van der Waals surface area contributed by atoms with Gasteiger partial charge in [0.1, 0.15) is 28.4 Å². The van der Waals surface area contributed by atoms with Crippen molar-refractivity contribution in [3.05, 3.63) is 72.2 Å². The van der Waals surface area contributed by atoms with Crippen LogP contribution in [-0.2, 0) is 19.7 Å². The number of fused-ring (bicyclic) bond motifs is 3. The molecule has 3 fully saturated rings. The van der Waals surface area contributed by atoms with Gasteiger partial charge >= 0.3 is 12.2 Å². The van der Waals surface area contributed by atoms with Crippen LogP contribution in [0.15, 0.2) is 65.8 Å². The lowest BCUT2D eigenvalue weighted by Crippen LogP contribution is -2.63. The zero-order valence-corrected chi connectivity index (χ0v) is 30.9. The third-order valence-corrected chi connectivity index (χ3v) is 10.3. The van der Waals surface area contributed by atoms with Crippen molar-refractivity contribution in [3.8, 4) is 22.4 Å². The highest BCUT2D eigenvalue weighted by Gasteiger charge is 2.48. The first-order valence-corrected chi connectivity index (χ1v) is 18.4. The van der Waals surface area contributed by atoms with Crippen molar-refractivity contribution in [2.75, 3.05) is 26.3 Å². The molecule has 1 unspecified atom stereocenters. The molecule has 272 valence electrons. The number of imidazole rings is 1. The van der Waals surface area contributed by atoms with Gasteiger partial charge in [-0.25, -0.2) is 19.6 Å². The van der Waals surface area contributed by atoms with Gasteiger partial charge in [0.25, 0.3) is 0 Å². The van der Waals surface area contributed by atoms with E-state index in [0.717, 1.165) is 81.8 Å².